The predicted molar refractivity (Wildman–Crippen MR) is 101 cm³/mol. The van der Waals surface area contributed by atoms with Gasteiger partial charge in [0.25, 0.3) is 0 Å². The molecule has 0 saturated carbocycles. The van der Waals surface area contributed by atoms with Gasteiger partial charge in [-0.25, -0.2) is 4.98 Å². The molecule has 0 aliphatic rings. The van der Waals surface area contributed by atoms with Crippen LogP contribution in [-0.2, 0) is 17.8 Å². The third-order valence-corrected chi connectivity index (χ3v) is 4.74. The summed E-state index contributed by atoms with van der Waals surface area (Å²) in [6.07, 6.45) is 1.69. The second kappa shape index (κ2) is 8.59. The number of carbonyl (C=O) groups is 1. The van der Waals surface area contributed by atoms with Gasteiger partial charge >= 0.3 is 0 Å². The third kappa shape index (κ3) is 4.22. The van der Waals surface area contributed by atoms with Crippen LogP contribution in [0.15, 0.2) is 40.3 Å². The lowest BCUT2D eigenvalue weighted by molar-refractivity contribution is -0.120. The number of rotatable bonds is 8. The molecule has 2 heterocycles. The van der Waals surface area contributed by atoms with E-state index in [4.69, 9.17) is 18.6 Å². The lowest BCUT2D eigenvalue weighted by Gasteiger charge is -2.15. The molecule has 27 heavy (non-hydrogen) atoms. The van der Waals surface area contributed by atoms with Crippen molar-refractivity contribution < 1.29 is 23.4 Å². The summed E-state index contributed by atoms with van der Waals surface area (Å²) in [5, 5.41) is 4.79. The van der Waals surface area contributed by atoms with E-state index in [0.717, 1.165) is 4.88 Å². The second-order valence-corrected chi connectivity index (χ2v) is 6.52. The molecule has 0 radical (unpaired) electrons. The maximum atomic E-state index is 12.3. The average molecular weight is 388 g/mol. The maximum Gasteiger partial charge on any atom is 0.236 e. The summed E-state index contributed by atoms with van der Waals surface area (Å²) >= 11 is 1.55. The number of nitrogens with one attached hydrogen (secondary N) is 1. The highest BCUT2D eigenvalue weighted by Crippen LogP contribution is 2.39. The number of benzene rings is 1. The van der Waals surface area contributed by atoms with Crippen LogP contribution in [0.5, 0.6) is 17.2 Å². The fraction of sp³-hybridized carbons (Fsp3) is 0.263. The van der Waals surface area contributed by atoms with Crippen LogP contribution in [-0.4, -0.2) is 32.2 Å². The molecule has 0 saturated heterocycles. The van der Waals surface area contributed by atoms with Gasteiger partial charge in [-0.3, -0.25) is 4.79 Å². The Morgan fingerprint density at radius 1 is 1.15 bits per heavy atom. The van der Waals surface area contributed by atoms with Crippen molar-refractivity contribution in [2.24, 2.45) is 0 Å². The molecule has 0 spiro atoms. The van der Waals surface area contributed by atoms with Crippen molar-refractivity contribution in [1.29, 1.82) is 0 Å². The topological polar surface area (TPSA) is 82.8 Å². The van der Waals surface area contributed by atoms with E-state index in [9.17, 15) is 4.79 Å². The largest absolute Gasteiger partial charge is 0.493 e. The van der Waals surface area contributed by atoms with E-state index in [1.807, 2.05) is 17.5 Å². The number of carbonyl (C=O) groups excluding carboxylic acids is 1. The Bertz CT molecular complexity index is 905. The first-order valence-electron chi connectivity index (χ1n) is 8.19. The Morgan fingerprint density at radius 3 is 2.63 bits per heavy atom. The number of oxazole rings is 1. The molecule has 8 heteroatoms. The summed E-state index contributed by atoms with van der Waals surface area (Å²) in [6, 6.07) is 7.39. The molecule has 3 rings (SSSR count). The fourth-order valence-corrected chi connectivity index (χ4v) is 3.28. The van der Waals surface area contributed by atoms with Crippen LogP contribution < -0.4 is 19.5 Å². The molecule has 142 valence electrons. The van der Waals surface area contributed by atoms with Crippen molar-refractivity contribution in [3.63, 3.8) is 0 Å². The molecule has 0 unspecified atom stereocenters. The minimum atomic E-state index is -0.166. The minimum Gasteiger partial charge on any atom is -0.493 e. The highest BCUT2D eigenvalue weighted by molar-refractivity contribution is 7.13. The van der Waals surface area contributed by atoms with Crippen LogP contribution in [0, 0.1) is 0 Å². The lowest BCUT2D eigenvalue weighted by atomic mass is 10.1. The summed E-state index contributed by atoms with van der Waals surface area (Å²) in [7, 11) is 4.60. The number of nitrogens with zero attached hydrogens (tertiary/aromatic N) is 1. The van der Waals surface area contributed by atoms with E-state index in [0.29, 0.717) is 34.4 Å². The Morgan fingerprint density at radius 2 is 1.96 bits per heavy atom. The number of aromatic nitrogens is 1. The molecule has 0 aliphatic heterocycles. The Balaban J connectivity index is 1.64. The molecule has 0 bridgehead atoms. The van der Waals surface area contributed by atoms with Gasteiger partial charge in [-0.1, -0.05) is 12.1 Å². The summed E-state index contributed by atoms with van der Waals surface area (Å²) in [4.78, 5) is 17.7. The Kier molecular flexibility index (Phi) is 5.97. The molecule has 1 N–H and O–H groups in total. The summed E-state index contributed by atoms with van der Waals surface area (Å²) in [6.45, 7) is 0.281. The van der Waals surface area contributed by atoms with Crippen LogP contribution in [0.25, 0.3) is 10.8 Å². The van der Waals surface area contributed by atoms with Crippen molar-refractivity contribution in [2.45, 2.75) is 13.0 Å². The highest BCUT2D eigenvalue weighted by Gasteiger charge is 2.18. The first-order chi connectivity index (χ1) is 13.2. The standard InChI is InChI=1S/C19H20N2O5S/c1-23-14-7-6-12(17(24-2)18(14)25-3)9-16(22)20-10-13-11-26-19(21-13)15-5-4-8-27-15/h4-8,11H,9-10H2,1-3H3,(H,20,22). The van der Waals surface area contributed by atoms with Gasteiger partial charge in [0.05, 0.1) is 44.9 Å². The Labute approximate surface area is 160 Å². The second-order valence-electron chi connectivity index (χ2n) is 5.57. The maximum absolute atomic E-state index is 12.3. The normalized spacial score (nSPS) is 10.5. The zero-order chi connectivity index (χ0) is 19.2. The zero-order valence-electron chi connectivity index (χ0n) is 15.3. The predicted octanol–water partition coefficient (Wildman–Crippen LogP) is 3.29. The van der Waals surface area contributed by atoms with Crippen LogP contribution in [0.1, 0.15) is 11.3 Å². The van der Waals surface area contributed by atoms with Crippen LogP contribution >= 0.6 is 11.3 Å². The molecular weight excluding hydrogens is 368 g/mol. The van der Waals surface area contributed by atoms with Crippen molar-refractivity contribution in [3.05, 3.63) is 47.2 Å². The molecule has 0 fully saturated rings. The number of amides is 1. The van der Waals surface area contributed by atoms with Crippen molar-refractivity contribution in [1.82, 2.24) is 10.3 Å². The average Bonchev–Trinajstić information content (AvgIpc) is 3.37. The monoisotopic (exact) mass is 388 g/mol. The molecular formula is C19H20N2O5S. The van der Waals surface area contributed by atoms with E-state index >= 15 is 0 Å². The smallest absolute Gasteiger partial charge is 0.236 e. The third-order valence-electron chi connectivity index (χ3n) is 3.89. The van der Waals surface area contributed by atoms with E-state index in [1.165, 1.54) is 14.2 Å². The fourth-order valence-electron chi connectivity index (χ4n) is 2.63. The Hall–Kier alpha value is -3.00. The van der Waals surface area contributed by atoms with Gasteiger partial charge in [0.15, 0.2) is 11.5 Å². The summed E-state index contributed by atoms with van der Waals surface area (Å²) < 4.78 is 21.5. The van der Waals surface area contributed by atoms with E-state index in [-0.39, 0.29) is 18.9 Å². The summed E-state index contributed by atoms with van der Waals surface area (Å²) in [5.74, 6) is 1.87. The SMILES string of the molecule is COc1ccc(CC(=O)NCc2coc(-c3cccs3)n2)c(OC)c1OC. The number of thiophene rings is 1. The van der Waals surface area contributed by atoms with Crippen molar-refractivity contribution in [2.75, 3.05) is 21.3 Å². The quantitative estimate of drug-likeness (QED) is 0.638. The van der Waals surface area contributed by atoms with Crippen molar-refractivity contribution >= 4 is 17.2 Å². The van der Waals surface area contributed by atoms with Crippen LogP contribution in [0.4, 0.5) is 0 Å². The molecule has 1 amide bonds. The molecule has 2 aromatic heterocycles. The van der Waals surface area contributed by atoms with Gasteiger partial charge in [0.2, 0.25) is 17.5 Å². The van der Waals surface area contributed by atoms with Gasteiger partial charge in [0.1, 0.15) is 6.26 Å². The first kappa shape index (κ1) is 18.8. The van der Waals surface area contributed by atoms with E-state index in [2.05, 4.69) is 10.3 Å². The van der Waals surface area contributed by atoms with Crippen LogP contribution in [0.2, 0.25) is 0 Å². The highest BCUT2D eigenvalue weighted by atomic mass is 32.1. The zero-order valence-corrected chi connectivity index (χ0v) is 16.1. The van der Waals surface area contributed by atoms with Gasteiger partial charge in [-0.15, -0.1) is 11.3 Å². The molecule has 1 aromatic carbocycles. The number of ether oxygens (including phenoxy) is 3. The molecule has 0 aliphatic carbocycles. The van der Waals surface area contributed by atoms with Gasteiger partial charge in [-0.2, -0.15) is 0 Å². The minimum absolute atomic E-state index is 0.138. The van der Waals surface area contributed by atoms with E-state index < -0.39 is 0 Å². The molecule has 7 nitrogen and oxygen atoms in total. The van der Waals surface area contributed by atoms with Crippen LogP contribution in [0.3, 0.4) is 0 Å². The molecule has 0 atom stereocenters. The number of hydrogen-bond donors (Lipinski definition) is 1. The molecule has 3 aromatic rings. The number of methoxy groups -OCH3 is 3. The van der Waals surface area contributed by atoms with Gasteiger partial charge < -0.3 is 23.9 Å². The number of hydrogen-bond acceptors (Lipinski definition) is 7. The van der Waals surface area contributed by atoms with Crippen molar-refractivity contribution in [3.8, 4) is 28.0 Å². The van der Waals surface area contributed by atoms with E-state index in [1.54, 1.807) is 36.8 Å². The summed E-state index contributed by atoms with van der Waals surface area (Å²) in [5.41, 5.74) is 1.36. The van der Waals surface area contributed by atoms with Gasteiger partial charge in [0, 0.05) is 5.56 Å². The first-order valence-corrected chi connectivity index (χ1v) is 9.07. The lowest BCUT2D eigenvalue weighted by Crippen LogP contribution is -2.25. The van der Waals surface area contributed by atoms with Gasteiger partial charge in [-0.05, 0) is 17.5 Å².